The first kappa shape index (κ1) is 15.4. The molecule has 5 heteroatoms. The molecule has 0 atom stereocenters. The van der Waals surface area contributed by atoms with E-state index in [0.717, 1.165) is 18.4 Å². The van der Waals surface area contributed by atoms with Gasteiger partial charge >= 0.3 is 12.0 Å². The lowest BCUT2D eigenvalue weighted by molar-refractivity contribution is 0.0698. The number of urea groups is 1. The van der Waals surface area contributed by atoms with E-state index in [1.807, 2.05) is 6.92 Å². The highest BCUT2D eigenvalue weighted by Gasteiger charge is 2.28. The van der Waals surface area contributed by atoms with Gasteiger partial charge in [-0.1, -0.05) is 31.4 Å². The lowest BCUT2D eigenvalue weighted by atomic mass is 9.89. The van der Waals surface area contributed by atoms with Crippen LogP contribution in [0.5, 0.6) is 0 Å². The molecule has 1 fully saturated rings. The van der Waals surface area contributed by atoms with Gasteiger partial charge in [0.2, 0.25) is 0 Å². The zero-order valence-electron chi connectivity index (χ0n) is 12.5. The summed E-state index contributed by atoms with van der Waals surface area (Å²) in [7, 11) is 0. The van der Waals surface area contributed by atoms with Crippen LogP contribution in [0.25, 0.3) is 0 Å². The number of aryl methyl sites for hydroxylation is 1. The van der Waals surface area contributed by atoms with Gasteiger partial charge in [0.1, 0.15) is 0 Å². The number of benzene rings is 1. The molecule has 1 aliphatic carbocycles. The van der Waals surface area contributed by atoms with Crippen LogP contribution in [0.15, 0.2) is 18.2 Å². The Balaban J connectivity index is 1.98. The van der Waals surface area contributed by atoms with Crippen LogP contribution in [0.3, 0.4) is 0 Å². The van der Waals surface area contributed by atoms with Crippen molar-refractivity contribution >= 4 is 17.7 Å². The first-order chi connectivity index (χ1) is 9.89. The Morgan fingerprint density at radius 3 is 2.57 bits per heavy atom. The molecule has 1 aromatic rings. The molecule has 1 aliphatic rings. The van der Waals surface area contributed by atoms with Crippen LogP contribution in [0, 0.1) is 12.3 Å². The number of anilines is 1. The second kappa shape index (κ2) is 6.16. The van der Waals surface area contributed by atoms with Crippen LogP contribution in [0.1, 0.15) is 48.5 Å². The summed E-state index contributed by atoms with van der Waals surface area (Å²) in [4.78, 5) is 23.2. The van der Waals surface area contributed by atoms with Gasteiger partial charge in [-0.05, 0) is 37.3 Å². The van der Waals surface area contributed by atoms with Crippen molar-refractivity contribution in [3.05, 3.63) is 29.3 Å². The van der Waals surface area contributed by atoms with Crippen molar-refractivity contribution in [2.24, 2.45) is 5.41 Å². The smallest absolute Gasteiger partial charge is 0.337 e. The van der Waals surface area contributed by atoms with Crippen molar-refractivity contribution in [2.75, 3.05) is 11.9 Å². The summed E-state index contributed by atoms with van der Waals surface area (Å²) in [6.07, 6.45) is 4.66. The number of rotatable bonds is 4. The van der Waals surface area contributed by atoms with Crippen molar-refractivity contribution < 1.29 is 14.7 Å². The van der Waals surface area contributed by atoms with Gasteiger partial charge in [0.05, 0.1) is 11.3 Å². The van der Waals surface area contributed by atoms with Crippen molar-refractivity contribution in [2.45, 2.75) is 39.5 Å². The van der Waals surface area contributed by atoms with E-state index in [9.17, 15) is 14.7 Å². The van der Waals surface area contributed by atoms with Crippen molar-refractivity contribution in [1.29, 1.82) is 0 Å². The van der Waals surface area contributed by atoms with E-state index in [1.165, 1.54) is 12.8 Å². The minimum Gasteiger partial charge on any atom is -0.478 e. The quantitative estimate of drug-likeness (QED) is 0.795. The van der Waals surface area contributed by atoms with E-state index in [1.54, 1.807) is 18.2 Å². The Morgan fingerprint density at radius 1 is 1.29 bits per heavy atom. The van der Waals surface area contributed by atoms with E-state index in [4.69, 9.17) is 0 Å². The summed E-state index contributed by atoms with van der Waals surface area (Å²) >= 11 is 0. The third kappa shape index (κ3) is 3.97. The van der Waals surface area contributed by atoms with Crippen molar-refractivity contribution in [1.82, 2.24) is 5.32 Å². The highest BCUT2D eigenvalue weighted by Crippen LogP contribution is 2.36. The number of carboxylic acids is 1. The number of hydrogen-bond acceptors (Lipinski definition) is 2. The maximum Gasteiger partial charge on any atom is 0.337 e. The number of carbonyl (C=O) groups is 2. The van der Waals surface area contributed by atoms with Crippen molar-refractivity contribution in [3.8, 4) is 0 Å². The van der Waals surface area contributed by atoms with Crippen LogP contribution in [0.4, 0.5) is 10.5 Å². The van der Waals surface area contributed by atoms with E-state index in [2.05, 4.69) is 17.6 Å². The van der Waals surface area contributed by atoms with Gasteiger partial charge in [-0.15, -0.1) is 0 Å². The Labute approximate surface area is 124 Å². The highest BCUT2D eigenvalue weighted by atomic mass is 16.4. The molecule has 1 saturated carbocycles. The zero-order valence-corrected chi connectivity index (χ0v) is 12.5. The molecule has 114 valence electrons. The minimum absolute atomic E-state index is 0.109. The number of nitrogens with one attached hydrogen (secondary N) is 2. The van der Waals surface area contributed by atoms with Crippen molar-refractivity contribution in [3.63, 3.8) is 0 Å². The van der Waals surface area contributed by atoms with Gasteiger partial charge in [0.25, 0.3) is 0 Å². The fourth-order valence-electron chi connectivity index (χ4n) is 2.81. The molecule has 0 unspecified atom stereocenters. The van der Waals surface area contributed by atoms with Crippen LogP contribution < -0.4 is 10.6 Å². The van der Waals surface area contributed by atoms with Gasteiger partial charge < -0.3 is 15.7 Å². The average Bonchev–Trinajstić information content (AvgIpc) is 2.86. The van der Waals surface area contributed by atoms with E-state index >= 15 is 0 Å². The monoisotopic (exact) mass is 290 g/mol. The van der Waals surface area contributed by atoms with Gasteiger partial charge in [-0.3, -0.25) is 0 Å². The second-order valence-corrected chi connectivity index (χ2v) is 6.18. The van der Waals surface area contributed by atoms with Gasteiger partial charge in [-0.2, -0.15) is 0 Å². The average molecular weight is 290 g/mol. The molecular weight excluding hydrogens is 268 g/mol. The molecule has 1 aromatic carbocycles. The molecule has 0 saturated heterocycles. The van der Waals surface area contributed by atoms with E-state index in [-0.39, 0.29) is 17.0 Å². The number of carbonyl (C=O) groups excluding carboxylic acids is 1. The number of amides is 2. The minimum atomic E-state index is -1.04. The van der Waals surface area contributed by atoms with Crippen LogP contribution in [-0.4, -0.2) is 23.7 Å². The van der Waals surface area contributed by atoms with Crippen LogP contribution in [-0.2, 0) is 0 Å². The van der Waals surface area contributed by atoms with Crippen LogP contribution >= 0.6 is 0 Å². The number of hydrogen-bond donors (Lipinski definition) is 3. The maximum absolute atomic E-state index is 12.0. The van der Waals surface area contributed by atoms with Gasteiger partial charge in [0.15, 0.2) is 0 Å². The summed E-state index contributed by atoms with van der Waals surface area (Å²) in [5, 5.41) is 14.7. The molecule has 2 amide bonds. The molecule has 0 heterocycles. The van der Waals surface area contributed by atoms with Gasteiger partial charge in [0, 0.05) is 6.54 Å². The summed E-state index contributed by atoms with van der Waals surface area (Å²) < 4.78 is 0. The Bertz CT molecular complexity index is 548. The molecule has 0 aromatic heterocycles. The molecule has 0 bridgehead atoms. The molecular formula is C16H22N2O3. The van der Waals surface area contributed by atoms with E-state index in [0.29, 0.717) is 12.2 Å². The number of aromatic carboxylic acids is 1. The van der Waals surface area contributed by atoms with Gasteiger partial charge in [-0.25, -0.2) is 9.59 Å². The second-order valence-electron chi connectivity index (χ2n) is 6.18. The first-order valence-electron chi connectivity index (χ1n) is 7.28. The summed E-state index contributed by atoms with van der Waals surface area (Å²) in [6, 6.07) is 4.60. The predicted octanol–water partition coefficient (Wildman–Crippen LogP) is 3.40. The van der Waals surface area contributed by atoms with Crippen LogP contribution in [0.2, 0.25) is 0 Å². The molecule has 21 heavy (non-hydrogen) atoms. The Morgan fingerprint density at radius 2 is 1.95 bits per heavy atom. The Kier molecular flexibility index (Phi) is 4.50. The summed E-state index contributed by atoms with van der Waals surface area (Å²) in [5.74, 6) is -1.04. The fraction of sp³-hybridized carbons (Fsp3) is 0.500. The molecule has 0 aliphatic heterocycles. The molecule has 3 N–H and O–H groups in total. The standard InChI is InChI=1S/C16H22N2O3/c1-11-5-6-13(12(9-11)14(19)20)18-15(21)17-10-16(2)7-3-4-8-16/h5-6,9H,3-4,7-8,10H2,1-2H3,(H,19,20)(H2,17,18,21). The Hall–Kier alpha value is -2.04. The lowest BCUT2D eigenvalue weighted by Gasteiger charge is -2.23. The third-order valence-corrected chi connectivity index (χ3v) is 4.14. The SMILES string of the molecule is Cc1ccc(NC(=O)NCC2(C)CCCC2)c(C(=O)O)c1. The summed E-state index contributed by atoms with van der Waals surface area (Å²) in [6.45, 7) is 4.61. The largest absolute Gasteiger partial charge is 0.478 e. The number of carboxylic acid groups (broad SMARTS) is 1. The fourth-order valence-corrected chi connectivity index (χ4v) is 2.81. The molecule has 0 spiro atoms. The van der Waals surface area contributed by atoms with E-state index < -0.39 is 5.97 Å². The molecule has 2 rings (SSSR count). The third-order valence-electron chi connectivity index (χ3n) is 4.14. The molecule has 0 radical (unpaired) electrons. The molecule has 5 nitrogen and oxygen atoms in total. The maximum atomic E-state index is 12.0. The zero-order chi connectivity index (χ0) is 15.5. The predicted molar refractivity (Wildman–Crippen MR) is 81.7 cm³/mol. The topological polar surface area (TPSA) is 78.4 Å². The lowest BCUT2D eigenvalue weighted by Crippen LogP contribution is -2.37. The summed E-state index contributed by atoms with van der Waals surface area (Å²) in [5.41, 5.74) is 1.44. The highest BCUT2D eigenvalue weighted by molar-refractivity contribution is 6.00. The normalized spacial score (nSPS) is 16.5. The first-order valence-corrected chi connectivity index (χ1v) is 7.28.